The molecule has 0 amide bonds. The van der Waals surface area contributed by atoms with E-state index in [1.54, 1.807) is 6.07 Å². The van der Waals surface area contributed by atoms with Crippen LogP contribution in [0.4, 0.5) is 8.78 Å². The molecule has 1 aromatic carbocycles. The van der Waals surface area contributed by atoms with Crippen LogP contribution in [-0.2, 0) is 21.5 Å². The first kappa shape index (κ1) is 18.8. The number of rotatable bonds is 7. The fourth-order valence-corrected chi connectivity index (χ4v) is 3.64. The number of halogens is 2. The summed E-state index contributed by atoms with van der Waals surface area (Å²) in [4.78, 5) is 0. The summed E-state index contributed by atoms with van der Waals surface area (Å²) < 4.78 is 66.9. The van der Waals surface area contributed by atoms with E-state index in [4.69, 9.17) is 9.47 Å². The molecule has 0 saturated carbocycles. The smallest absolute Gasteiger partial charge is 0.387 e. The SMILES string of the molecule is COc1ccc(CN(C)S(=O)(=O)N2CCOCC2)cc1OC(F)F. The average molecular weight is 366 g/mol. The minimum atomic E-state index is -3.65. The van der Waals surface area contributed by atoms with Crippen LogP contribution in [0.2, 0.25) is 0 Å². The first-order valence-corrected chi connectivity index (χ1v) is 8.65. The standard InChI is InChI=1S/C14H20F2N2O5S/c1-17(24(19,20)18-5-7-22-8-6-18)10-11-3-4-12(21-2)13(9-11)23-14(15)16/h3-4,9,14H,5-8,10H2,1-2H3. The molecule has 1 aromatic rings. The third-order valence-corrected chi connectivity index (χ3v) is 5.47. The van der Waals surface area contributed by atoms with Crippen LogP contribution < -0.4 is 9.47 Å². The molecule has 0 bridgehead atoms. The van der Waals surface area contributed by atoms with Gasteiger partial charge in [-0.2, -0.15) is 25.8 Å². The van der Waals surface area contributed by atoms with E-state index in [1.807, 2.05) is 0 Å². The van der Waals surface area contributed by atoms with Gasteiger partial charge in [0.2, 0.25) is 0 Å². The monoisotopic (exact) mass is 366 g/mol. The summed E-state index contributed by atoms with van der Waals surface area (Å²) in [5.74, 6) is 0.0138. The molecule has 0 aliphatic carbocycles. The van der Waals surface area contributed by atoms with Gasteiger partial charge in [0.25, 0.3) is 10.2 Å². The summed E-state index contributed by atoms with van der Waals surface area (Å²) >= 11 is 0. The Morgan fingerprint density at radius 1 is 1.29 bits per heavy atom. The van der Waals surface area contributed by atoms with Gasteiger partial charge in [-0.05, 0) is 17.7 Å². The van der Waals surface area contributed by atoms with Gasteiger partial charge in [0, 0.05) is 26.7 Å². The van der Waals surface area contributed by atoms with E-state index >= 15 is 0 Å². The lowest BCUT2D eigenvalue weighted by Gasteiger charge is -2.30. The molecule has 1 aliphatic rings. The Balaban J connectivity index is 2.14. The van der Waals surface area contributed by atoms with Gasteiger partial charge >= 0.3 is 6.61 Å². The van der Waals surface area contributed by atoms with Gasteiger partial charge in [0.1, 0.15) is 0 Å². The van der Waals surface area contributed by atoms with Crippen molar-refractivity contribution in [2.24, 2.45) is 0 Å². The quantitative estimate of drug-likeness (QED) is 0.728. The highest BCUT2D eigenvalue weighted by Gasteiger charge is 2.28. The van der Waals surface area contributed by atoms with Crippen molar-refractivity contribution in [3.05, 3.63) is 23.8 Å². The van der Waals surface area contributed by atoms with Gasteiger partial charge in [-0.15, -0.1) is 0 Å². The molecule has 1 fully saturated rings. The molecule has 24 heavy (non-hydrogen) atoms. The Labute approximate surface area is 139 Å². The van der Waals surface area contributed by atoms with Gasteiger partial charge < -0.3 is 14.2 Å². The van der Waals surface area contributed by atoms with E-state index in [0.717, 1.165) is 4.31 Å². The third kappa shape index (κ3) is 4.53. The Morgan fingerprint density at radius 2 is 1.96 bits per heavy atom. The molecular weight excluding hydrogens is 346 g/mol. The molecule has 10 heteroatoms. The van der Waals surface area contributed by atoms with E-state index in [0.29, 0.717) is 18.8 Å². The fraction of sp³-hybridized carbons (Fsp3) is 0.571. The molecule has 7 nitrogen and oxygen atoms in total. The van der Waals surface area contributed by atoms with Gasteiger partial charge in [0.15, 0.2) is 11.5 Å². The number of nitrogens with zero attached hydrogens (tertiary/aromatic N) is 2. The first-order chi connectivity index (χ1) is 11.3. The van der Waals surface area contributed by atoms with Crippen LogP contribution in [-0.4, -0.2) is 64.1 Å². The second-order valence-corrected chi connectivity index (χ2v) is 7.17. The van der Waals surface area contributed by atoms with Crippen molar-refractivity contribution in [1.29, 1.82) is 0 Å². The van der Waals surface area contributed by atoms with Crippen LogP contribution in [0.5, 0.6) is 11.5 Å². The summed E-state index contributed by atoms with van der Waals surface area (Å²) in [6, 6.07) is 4.40. The van der Waals surface area contributed by atoms with Gasteiger partial charge in [-0.1, -0.05) is 6.07 Å². The van der Waals surface area contributed by atoms with Crippen molar-refractivity contribution < 1.29 is 31.4 Å². The van der Waals surface area contributed by atoms with E-state index in [9.17, 15) is 17.2 Å². The predicted molar refractivity (Wildman–Crippen MR) is 82.4 cm³/mol. The molecule has 1 aliphatic heterocycles. The number of morpholine rings is 1. The molecule has 0 spiro atoms. The lowest BCUT2D eigenvalue weighted by Crippen LogP contribution is -2.47. The molecule has 2 rings (SSSR count). The van der Waals surface area contributed by atoms with Crippen molar-refractivity contribution in [3.63, 3.8) is 0 Å². The zero-order chi connectivity index (χ0) is 17.7. The zero-order valence-corrected chi connectivity index (χ0v) is 14.3. The van der Waals surface area contributed by atoms with Crippen LogP contribution in [0.1, 0.15) is 5.56 Å². The van der Waals surface area contributed by atoms with Crippen molar-refractivity contribution in [3.8, 4) is 11.5 Å². The minimum Gasteiger partial charge on any atom is -0.493 e. The van der Waals surface area contributed by atoms with Gasteiger partial charge in [0.05, 0.1) is 20.3 Å². The predicted octanol–water partition coefficient (Wildman–Crippen LogP) is 1.31. The molecule has 0 N–H and O–H groups in total. The number of hydrogen-bond acceptors (Lipinski definition) is 5. The maximum absolute atomic E-state index is 12.5. The topological polar surface area (TPSA) is 68.3 Å². The summed E-state index contributed by atoms with van der Waals surface area (Å²) in [5.41, 5.74) is 0.505. The summed E-state index contributed by atoms with van der Waals surface area (Å²) in [7, 11) is -0.877. The third-order valence-electron chi connectivity index (χ3n) is 3.54. The summed E-state index contributed by atoms with van der Waals surface area (Å²) in [6.07, 6.45) is 0. The highest BCUT2D eigenvalue weighted by Crippen LogP contribution is 2.30. The van der Waals surface area contributed by atoms with Crippen molar-refractivity contribution >= 4 is 10.2 Å². The van der Waals surface area contributed by atoms with Crippen molar-refractivity contribution in [2.75, 3.05) is 40.5 Å². The Kier molecular flexibility index (Phi) is 6.33. The summed E-state index contributed by atoms with van der Waals surface area (Å²) in [6.45, 7) is -1.71. The van der Waals surface area contributed by atoms with Crippen LogP contribution in [0, 0.1) is 0 Å². The molecule has 0 unspecified atom stereocenters. The van der Waals surface area contributed by atoms with Crippen molar-refractivity contribution in [1.82, 2.24) is 8.61 Å². The molecule has 1 heterocycles. The maximum Gasteiger partial charge on any atom is 0.387 e. The number of methoxy groups -OCH3 is 1. The normalized spacial score (nSPS) is 16.6. The zero-order valence-electron chi connectivity index (χ0n) is 13.4. The highest BCUT2D eigenvalue weighted by molar-refractivity contribution is 7.86. The maximum atomic E-state index is 12.5. The van der Waals surface area contributed by atoms with Crippen molar-refractivity contribution in [2.45, 2.75) is 13.2 Å². The highest BCUT2D eigenvalue weighted by atomic mass is 32.2. The van der Waals surface area contributed by atoms with E-state index in [2.05, 4.69) is 4.74 Å². The Hall–Kier alpha value is -1.49. The molecular formula is C14H20F2N2O5S. The van der Waals surface area contributed by atoms with E-state index in [1.165, 1.54) is 30.6 Å². The van der Waals surface area contributed by atoms with Crippen LogP contribution >= 0.6 is 0 Å². The lowest BCUT2D eigenvalue weighted by atomic mass is 10.2. The summed E-state index contributed by atoms with van der Waals surface area (Å²) in [5, 5.41) is 0. The second kappa shape index (κ2) is 8.06. The Morgan fingerprint density at radius 3 is 2.54 bits per heavy atom. The van der Waals surface area contributed by atoms with Crippen LogP contribution in [0.3, 0.4) is 0 Å². The van der Waals surface area contributed by atoms with Gasteiger partial charge in [-0.25, -0.2) is 0 Å². The van der Waals surface area contributed by atoms with E-state index in [-0.39, 0.29) is 31.1 Å². The second-order valence-electron chi connectivity index (χ2n) is 5.14. The van der Waals surface area contributed by atoms with Crippen LogP contribution in [0.25, 0.3) is 0 Å². The lowest BCUT2D eigenvalue weighted by molar-refractivity contribution is -0.0512. The largest absolute Gasteiger partial charge is 0.493 e. The number of benzene rings is 1. The molecule has 0 atom stereocenters. The molecule has 136 valence electrons. The van der Waals surface area contributed by atoms with E-state index < -0.39 is 16.8 Å². The molecule has 1 saturated heterocycles. The first-order valence-electron chi connectivity index (χ1n) is 7.25. The fourth-order valence-electron chi connectivity index (χ4n) is 2.32. The van der Waals surface area contributed by atoms with Crippen LogP contribution in [0.15, 0.2) is 18.2 Å². The van der Waals surface area contributed by atoms with Gasteiger partial charge in [-0.3, -0.25) is 0 Å². The number of hydrogen-bond donors (Lipinski definition) is 0. The Bertz CT molecular complexity index is 651. The molecule has 0 radical (unpaired) electrons. The average Bonchev–Trinajstić information content (AvgIpc) is 2.55. The minimum absolute atomic E-state index is 0.0171. The number of alkyl halides is 2. The molecule has 0 aromatic heterocycles. The number of ether oxygens (including phenoxy) is 3.